The van der Waals surface area contributed by atoms with Crippen molar-refractivity contribution >= 4 is 23.2 Å². The molecule has 0 spiro atoms. The van der Waals surface area contributed by atoms with Crippen LogP contribution in [0, 0.1) is 17.8 Å². The molecule has 9 nitrogen and oxygen atoms in total. The molecule has 2 aromatic carbocycles. The number of aliphatic hydroxyl groups excluding tert-OH is 2. The summed E-state index contributed by atoms with van der Waals surface area (Å²) in [7, 11) is 3.82. The molecule has 0 heterocycles. The van der Waals surface area contributed by atoms with E-state index in [1.165, 1.54) is 5.56 Å². The number of rotatable bonds is 14. The van der Waals surface area contributed by atoms with Crippen LogP contribution in [0.25, 0.3) is 0 Å². The zero-order valence-corrected chi connectivity index (χ0v) is 22.9. The highest BCUT2D eigenvalue weighted by atomic mass is 16.3. The van der Waals surface area contributed by atoms with Gasteiger partial charge >= 0.3 is 0 Å². The van der Waals surface area contributed by atoms with Crippen molar-refractivity contribution in [3.05, 3.63) is 58.7 Å². The van der Waals surface area contributed by atoms with Crippen LogP contribution in [0.2, 0.25) is 0 Å². The molecule has 0 fully saturated rings. The van der Waals surface area contributed by atoms with Crippen LogP contribution in [0.1, 0.15) is 62.0 Å². The molecular weight excluding hydrogens is 500 g/mol. The van der Waals surface area contributed by atoms with Gasteiger partial charge in [0.05, 0.1) is 18.6 Å². The number of fused-ring (bicyclic) bond motifs is 1. The SMILES string of the molecule is CN(C)c1cc(CCCc2ccccc2)c(O)c2c1CC(CC(CCO)C(CO)C(=O)CC(N)=O)CC2=O.O.[HH].[HH]. The number of amides is 1. The number of ketones is 2. The first-order valence-corrected chi connectivity index (χ1v) is 13.3. The van der Waals surface area contributed by atoms with Crippen molar-refractivity contribution < 1.29 is 38.0 Å². The first kappa shape index (κ1) is 31.9. The number of benzene rings is 2. The average Bonchev–Trinajstić information content (AvgIpc) is 2.85. The summed E-state index contributed by atoms with van der Waals surface area (Å²) in [6.07, 6.45) is 3.30. The third-order valence-corrected chi connectivity index (χ3v) is 7.61. The Labute approximate surface area is 232 Å². The lowest BCUT2D eigenvalue weighted by molar-refractivity contribution is -0.131. The maximum Gasteiger partial charge on any atom is 0.224 e. The number of phenols is 1. The summed E-state index contributed by atoms with van der Waals surface area (Å²) in [4.78, 5) is 39.2. The molecule has 0 aromatic heterocycles. The van der Waals surface area contributed by atoms with Crippen LogP contribution < -0.4 is 10.6 Å². The Morgan fingerprint density at radius 2 is 1.82 bits per heavy atom. The monoisotopic (exact) mass is 546 g/mol. The summed E-state index contributed by atoms with van der Waals surface area (Å²) < 4.78 is 0. The molecule has 3 atom stereocenters. The van der Waals surface area contributed by atoms with E-state index in [2.05, 4.69) is 12.1 Å². The van der Waals surface area contributed by atoms with Gasteiger partial charge in [0.1, 0.15) is 11.5 Å². The zero-order chi connectivity index (χ0) is 27.8. The van der Waals surface area contributed by atoms with Crippen LogP contribution in [0.3, 0.4) is 0 Å². The van der Waals surface area contributed by atoms with E-state index in [0.29, 0.717) is 24.8 Å². The summed E-state index contributed by atoms with van der Waals surface area (Å²) in [5.41, 5.74) is 9.21. The number of aryl methyl sites for hydroxylation is 2. The third-order valence-electron chi connectivity index (χ3n) is 7.61. The lowest BCUT2D eigenvalue weighted by Crippen LogP contribution is -2.34. The highest BCUT2D eigenvalue weighted by Crippen LogP contribution is 2.42. The summed E-state index contributed by atoms with van der Waals surface area (Å²) in [6.45, 7) is -0.636. The van der Waals surface area contributed by atoms with Crippen molar-refractivity contribution in [2.45, 2.75) is 51.4 Å². The molecule has 39 heavy (non-hydrogen) atoms. The number of Topliss-reactive ketones (excluding diaryl/α,β-unsaturated/α-hetero) is 2. The van der Waals surface area contributed by atoms with Gasteiger partial charge < -0.3 is 31.4 Å². The Balaban J connectivity index is 0.00000533. The summed E-state index contributed by atoms with van der Waals surface area (Å²) in [5.74, 6) is -2.67. The minimum absolute atomic E-state index is 0. The van der Waals surface area contributed by atoms with Crippen molar-refractivity contribution in [3.8, 4) is 5.75 Å². The molecule has 3 unspecified atom stereocenters. The van der Waals surface area contributed by atoms with E-state index in [1.54, 1.807) is 0 Å². The third kappa shape index (κ3) is 8.11. The smallest absolute Gasteiger partial charge is 0.224 e. The van der Waals surface area contributed by atoms with E-state index in [9.17, 15) is 29.7 Å². The van der Waals surface area contributed by atoms with Crippen molar-refractivity contribution in [2.24, 2.45) is 23.5 Å². The van der Waals surface area contributed by atoms with Crippen molar-refractivity contribution in [1.29, 1.82) is 0 Å². The molecule has 0 saturated carbocycles. The second kappa shape index (κ2) is 14.8. The summed E-state index contributed by atoms with van der Waals surface area (Å²) >= 11 is 0. The zero-order valence-electron chi connectivity index (χ0n) is 22.9. The van der Waals surface area contributed by atoms with Gasteiger partial charge in [0.2, 0.25) is 5.91 Å². The predicted octanol–water partition coefficient (Wildman–Crippen LogP) is 2.49. The number of carbonyl (C=O) groups excluding carboxylic acids is 3. The van der Waals surface area contributed by atoms with E-state index >= 15 is 0 Å². The Bertz CT molecular complexity index is 1150. The van der Waals surface area contributed by atoms with Gasteiger partial charge in [-0.05, 0) is 73.1 Å². The number of phenolic OH excluding ortho intramolecular Hbond substituents is 1. The number of hydrogen-bond acceptors (Lipinski definition) is 7. The first-order chi connectivity index (χ1) is 18.2. The lowest BCUT2D eigenvalue weighted by atomic mass is 9.73. The highest BCUT2D eigenvalue weighted by Gasteiger charge is 2.36. The Morgan fingerprint density at radius 3 is 2.41 bits per heavy atom. The predicted molar refractivity (Wildman–Crippen MR) is 154 cm³/mol. The number of nitrogens with zero attached hydrogens (tertiary/aromatic N) is 1. The van der Waals surface area contributed by atoms with E-state index in [-0.39, 0.29) is 45.2 Å². The van der Waals surface area contributed by atoms with Gasteiger partial charge in [-0.3, -0.25) is 14.4 Å². The number of hydrogen-bond donors (Lipinski definition) is 4. The van der Waals surface area contributed by atoms with Crippen LogP contribution in [-0.4, -0.2) is 65.6 Å². The summed E-state index contributed by atoms with van der Waals surface area (Å²) in [6, 6.07) is 12.1. The number of aliphatic hydroxyl groups is 2. The average molecular weight is 547 g/mol. The Hall–Kier alpha value is -3.27. The van der Waals surface area contributed by atoms with E-state index in [1.807, 2.05) is 43.3 Å². The largest absolute Gasteiger partial charge is 0.507 e. The molecule has 3 rings (SSSR count). The molecule has 0 radical (unpaired) electrons. The fourth-order valence-electron chi connectivity index (χ4n) is 5.76. The van der Waals surface area contributed by atoms with Crippen LogP contribution in [0.5, 0.6) is 5.75 Å². The maximum absolute atomic E-state index is 13.4. The minimum atomic E-state index is -0.833. The van der Waals surface area contributed by atoms with Gasteiger partial charge in [-0.2, -0.15) is 0 Å². The molecule has 0 aliphatic heterocycles. The quantitative estimate of drug-likeness (QED) is 0.263. The molecule has 1 aliphatic carbocycles. The van der Waals surface area contributed by atoms with Crippen molar-refractivity contribution in [1.82, 2.24) is 0 Å². The maximum atomic E-state index is 13.4. The molecule has 0 saturated heterocycles. The molecule has 0 bridgehead atoms. The van der Waals surface area contributed by atoms with Gasteiger partial charge in [-0.1, -0.05) is 30.3 Å². The van der Waals surface area contributed by atoms with Gasteiger partial charge in [0.15, 0.2) is 5.78 Å². The lowest BCUT2D eigenvalue weighted by Gasteiger charge is -2.33. The minimum Gasteiger partial charge on any atom is -0.507 e. The molecule has 218 valence electrons. The molecule has 2 aromatic rings. The van der Waals surface area contributed by atoms with Gasteiger partial charge in [-0.25, -0.2) is 0 Å². The van der Waals surface area contributed by atoms with Crippen LogP contribution in [0.15, 0.2) is 36.4 Å². The van der Waals surface area contributed by atoms with Crippen LogP contribution in [0.4, 0.5) is 5.69 Å². The van der Waals surface area contributed by atoms with Gasteiger partial charge in [0.25, 0.3) is 0 Å². The van der Waals surface area contributed by atoms with E-state index in [4.69, 9.17) is 5.73 Å². The topological polar surface area (TPSA) is 173 Å². The number of anilines is 1. The van der Waals surface area contributed by atoms with Crippen molar-refractivity contribution in [2.75, 3.05) is 32.2 Å². The molecular formula is C30H46N2O7. The fourth-order valence-corrected chi connectivity index (χ4v) is 5.76. The number of aromatic hydroxyl groups is 1. The normalized spacial score (nSPS) is 16.1. The molecule has 1 aliphatic rings. The van der Waals surface area contributed by atoms with Crippen molar-refractivity contribution in [3.63, 3.8) is 0 Å². The van der Waals surface area contributed by atoms with Gasteiger partial charge in [-0.15, -0.1) is 0 Å². The number of nitrogens with two attached hydrogens (primary N) is 1. The molecule has 7 N–H and O–H groups in total. The summed E-state index contributed by atoms with van der Waals surface area (Å²) in [5, 5.41) is 30.7. The first-order valence-electron chi connectivity index (χ1n) is 13.3. The number of primary amides is 1. The second-order valence-electron chi connectivity index (χ2n) is 10.6. The highest BCUT2D eigenvalue weighted by molar-refractivity contribution is 6.03. The second-order valence-corrected chi connectivity index (χ2v) is 10.6. The number of carbonyl (C=O) groups is 3. The molecule has 1 amide bonds. The van der Waals surface area contributed by atoms with Gasteiger partial charge in [0, 0.05) is 41.6 Å². The fraction of sp³-hybridized carbons (Fsp3) is 0.500. The van der Waals surface area contributed by atoms with Crippen LogP contribution >= 0.6 is 0 Å². The molecule has 9 heteroatoms. The Kier molecular flexibility index (Phi) is 12.1. The van der Waals surface area contributed by atoms with E-state index < -0.39 is 36.6 Å². The standard InChI is InChI=1S/C30H40N2O6.H2O.2H2/c1-32(2)25-16-22(10-6-9-19-7-4-3-5-8-19)30(38)29-23(25)14-20(15-27(29)36)13-21(11-12-33)24(18-34)26(35)17-28(31)37;;;/h3-5,7-8,16,20-21,24,33-34,38H,6,9-15,17-18H2,1-2H3,(H2,31,37);1H2;2*1H. The Morgan fingerprint density at radius 1 is 1.13 bits per heavy atom. The van der Waals surface area contributed by atoms with E-state index in [0.717, 1.165) is 29.7 Å². The van der Waals surface area contributed by atoms with Crippen LogP contribution in [-0.2, 0) is 28.9 Å².